The molecule has 1 amide bonds. The van der Waals surface area contributed by atoms with Crippen LogP contribution in [0.2, 0.25) is 0 Å². The highest BCUT2D eigenvalue weighted by Crippen LogP contribution is 2.17. The standard InChI is InChI=1S/C21H16N2O5S/c1-2-27-18(24)11-23-15-8-4-6-10-17(15)29-21(23)22-20(26)14-12-28-16-9-5-3-7-13(16)19(14)25/h3-10,12H,2,11H2,1H3. The summed E-state index contributed by atoms with van der Waals surface area (Å²) >= 11 is 1.25. The van der Waals surface area contributed by atoms with E-state index in [1.807, 2.05) is 24.3 Å². The lowest BCUT2D eigenvalue weighted by Gasteiger charge is -2.05. The molecule has 2 heterocycles. The molecule has 0 atom stereocenters. The highest BCUT2D eigenvalue weighted by molar-refractivity contribution is 7.16. The largest absolute Gasteiger partial charge is 0.465 e. The first-order valence-corrected chi connectivity index (χ1v) is 9.73. The molecule has 0 spiro atoms. The number of fused-ring (bicyclic) bond motifs is 2. The Balaban J connectivity index is 1.84. The first-order valence-electron chi connectivity index (χ1n) is 8.92. The minimum Gasteiger partial charge on any atom is -0.465 e. The van der Waals surface area contributed by atoms with Gasteiger partial charge in [0, 0.05) is 0 Å². The number of esters is 1. The fourth-order valence-electron chi connectivity index (χ4n) is 2.97. The molecule has 8 heteroatoms. The van der Waals surface area contributed by atoms with Crippen LogP contribution >= 0.6 is 11.3 Å². The number of hydrogen-bond acceptors (Lipinski definition) is 6. The third-order valence-electron chi connectivity index (χ3n) is 4.29. The van der Waals surface area contributed by atoms with Crippen LogP contribution in [0.1, 0.15) is 17.3 Å². The lowest BCUT2D eigenvalue weighted by Crippen LogP contribution is -2.24. The number of amides is 1. The van der Waals surface area contributed by atoms with Gasteiger partial charge in [-0.15, -0.1) is 0 Å². The van der Waals surface area contributed by atoms with Gasteiger partial charge in [0.25, 0.3) is 5.91 Å². The van der Waals surface area contributed by atoms with Gasteiger partial charge in [-0.25, -0.2) is 0 Å². The molecule has 4 rings (SSSR count). The van der Waals surface area contributed by atoms with Gasteiger partial charge in [-0.2, -0.15) is 4.99 Å². The van der Waals surface area contributed by atoms with E-state index < -0.39 is 17.3 Å². The molecule has 0 aliphatic carbocycles. The molecule has 0 saturated carbocycles. The van der Waals surface area contributed by atoms with Crippen molar-refractivity contribution in [3.05, 3.63) is 75.4 Å². The Kier molecular flexibility index (Phi) is 5.09. The van der Waals surface area contributed by atoms with Gasteiger partial charge in [0.1, 0.15) is 24.0 Å². The van der Waals surface area contributed by atoms with Crippen LogP contribution in [0.3, 0.4) is 0 Å². The summed E-state index contributed by atoms with van der Waals surface area (Å²) in [5.74, 6) is -1.16. The van der Waals surface area contributed by atoms with Gasteiger partial charge in [0.05, 0.1) is 22.2 Å². The molecule has 4 aromatic rings. The molecule has 2 aromatic heterocycles. The summed E-state index contributed by atoms with van der Waals surface area (Å²) in [5, 5.41) is 0.310. The molecule has 0 bridgehead atoms. The summed E-state index contributed by atoms with van der Waals surface area (Å²) < 4.78 is 12.9. The van der Waals surface area contributed by atoms with Crippen LogP contribution in [-0.2, 0) is 16.1 Å². The van der Waals surface area contributed by atoms with E-state index in [1.54, 1.807) is 35.8 Å². The molecule has 0 saturated heterocycles. The van der Waals surface area contributed by atoms with Crippen LogP contribution < -0.4 is 10.2 Å². The van der Waals surface area contributed by atoms with Gasteiger partial charge in [-0.05, 0) is 31.2 Å². The molecule has 0 N–H and O–H groups in total. The predicted molar refractivity (Wildman–Crippen MR) is 109 cm³/mol. The number of para-hydroxylation sites is 2. The monoisotopic (exact) mass is 408 g/mol. The quantitative estimate of drug-likeness (QED) is 0.484. The zero-order valence-corrected chi connectivity index (χ0v) is 16.3. The summed E-state index contributed by atoms with van der Waals surface area (Å²) in [5.41, 5.74) is 0.540. The van der Waals surface area contributed by atoms with Crippen LogP contribution in [0, 0.1) is 0 Å². The topological polar surface area (TPSA) is 90.9 Å². The maximum absolute atomic E-state index is 12.8. The number of carbonyl (C=O) groups excluding carboxylic acids is 2. The molecule has 0 radical (unpaired) electrons. The SMILES string of the molecule is CCOC(=O)Cn1c(=NC(=O)c2coc3ccccc3c2=O)sc2ccccc21. The molecule has 0 unspecified atom stereocenters. The van der Waals surface area contributed by atoms with Crippen LogP contribution in [0.15, 0.2) is 69.0 Å². The van der Waals surface area contributed by atoms with E-state index in [1.165, 1.54) is 11.3 Å². The average molecular weight is 408 g/mol. The van der Waals surface area contributed by atoms with Crippen molar-refractivity contribution >= 4 is 44.4 Å². The predicted octanol–water partition coefficient (Wildman–Crippen LogP) is 3.11. The fourth-order valence-corrected chi connectivity index (χ4v) is 4.00. The smallest absolute Gasteiger partial charge is 0.326 e. The Morgan fingerprint density at radius 1 is 1.14 bits per heavy atom. The second-order valence-electron chi connectivity index (χ2n) is 6.14. The van der Waals surface area contributed by atoms with Crippen molar-refractivity contribution in [1.29, 1.82) is 0 Å². The summed E-state index contributed by atoms with van der Waals surface area (Å²) in [6, 6.07) is 14.1. The normalized spacial score (nSPS) is 11.8. The lowest BCUT2D eigenvalue weighted by atomic mass is 10.2. The molecule has 146 valence electrons. The van der Waals surface area contributed by atoms with Gasteiger partial charge in [0.15, 0.2) is 4.80 Å². The number of carbonyl (C=O) groups is 2. The van der Waals surface area contributed by atoms with Gasteiger partial charge in [-0.1, -0.05) is 35.6 Å². The lowest BCUT2D eigenvalue weighted by molar-refractivity contribution is -0.143. The average Bonchev–Trinajstić information content (AvgIpc) is 3.05. The zero-order valence-electron chi connectivity index (χ0n) is 15.5. The van der Waals surface area contributed by atoms with Crippen molar-refractivity contribution in [3.8, 4) is 0 Å². The number of ether oxygens (including phenoxy) is 1. The van der Waals surface area contributed by atoms with Gasteiger partial charge in [-0.3, -0.25) is 14.4 Å². The van der Waals surface area contributed by atoms with Crippen LogP contribution in [0.5, 0.6) is 0 Å². The highest BCUT2D eigenvalue weighted by atomic mass is 32.1. The Bertz CT molecular complexity index is 1360. The van der Waals surface area contributed by atoms with Gasteiger partial charge >= 0.3 is 5.97 Å². The van der Waals surface area contributed by atoms with Gasteiger partial charge < -0.3 is 13.7 Å². The summed E-state index contributed by atoms with van der Waals surface area (Å²) in [6.07, 6.45) is 1.12. The van der Waals surface area contributed by atoms with E-state index >= 15 is 0 Å². The van der Waals surface area contributed by atoms with Crippen molar-refractivity contribution in [2.75, 3.05) is 6.61 Å². The summed E-state index contributed by atoms with van der Waals surface area (Å²) in [4.78, 5) is 41.9. The third kappa shape index (κ3) is 3.62. The number of nitrogens with zero attached hydrogens (tertiary/aromatic N) is 2. The molecule has 0 fully saturated rings. The summed E-state index contributed by atoms with van der Waals surface area (Å²) in [7, 11) is 0. The summed E-state index contributed by atoms with van der Waals surface area (Å²) in [6.45, 7) is 1.89. The zero-order chi connectivity index (χ0) is 20.4. The number of thiazole rings is 1. The number of benzene rings is 2. The maximum Gasteiger partial charge on any atom is 0.326 e. The molecule has 0 aliphatic heterocycles. The molecule has 2 aromatic carbocycles. The van der Waals surface area contributed by atoms with E-state index in [0.29, 0.717) is 15.8 Å². The van der Waals surface area contributed by atoms with Gasteiger partial charge in [0.2, 0.25) is 5.43 Å². The number of rotatable bonds is 4. The van der Waals surface area contributed by atoms with Crippen molar-refractivity contribution in [3.63, 3.8) is 0 Å². The highest BCUT2D eigenvalue weighted by Gasteiger charge is 2.16. The third-order valence-corrected chi connectivity index (χ3v) is 5.35. The Morgan fingerprint density at radius 3 is 2.72 bits per heavy atom. The first-order chi connectivity index (χ1) is 14.1. The minimum atomic E-state index is -0.728. The van der Waals surface area contributed by atoms with E-state index in [0.717, 1.165) is 16.5 Å². The number of aromatic nitrogens is 1. The molecule has 29 heavy (non-hydrogen) atoms. The van der Waals surface area contributed by atoms with E-state index in [9.17, 15) is 14.4 Å². The second-order valence-corrected chi connectivity index (χ2v) is 7.14. The Hall–Kier alpha value is -3.52. The molecular weight excluding hydrogens is 392 g/mol. The Morgan fingerprint density at radius 2 is 1.90 bits per heavy atom. The fraction of sp³-hybridized carbons (Fsp3) is 0.143. The van der Waals surface area contributed by atoms with Crippen molar-refractivity contribution < 1.29 is 18.7 Å². The first kappa shape index (κ1) is 18.8. The Labute approximate surface area is 168 Å². The second kappa shape index (κ2) is 7.84. The van der Waals surface area contributed by atoms with Crippen LogP contribution in [-0.4, -0.2) is 23.1 Å². The van der Waals surface area contributed by atoms with E-state index in [2.05, 4.69) is 4.99 Å². The van der Waals surface area contributed by atoms with Crippen molar-refractivity contribution in [2.45, 2.75) is 13.5 Å². The molecule has 0 aliphatic rings. The van der Waals surface area contributed by atoms with Crippen LogP contribution in [0.25, 0.3) is 21.2 Å². The maximum atomic E-state index is 12.8. The number of hydrogen-bond donors (Lipinski definition) is 0. The van der Waals surface area contributed by atoms with E-state index in [-0.39, 0.29) is 18.7 Å². The van der Waals surface area contributed by atoms with Crippen molar-refractivity contribution in [1.82, 2.24) is 4.57 Å². The minimum absolute atomic E-state index is 0.0870. The van der Waals surface area contributed by atoms with E-state index in [4.69, 9.17) is 9.15 Å². The van der Waals surface area contributed by atoms with Crippen LogP contribution in [0.4, 0.5) is 0 Å². The van der Waals surface area contributed by atoms with Crippen molar-refractivity contribution in [2.24, 2.45) is 4.99 Å². The molecule has 7 nitrogen and oxygen atoms in total. The molecular formula is C21H16N2O5S.